The maximum atomic E-state index is 14.1. The van der Waals surface area contributed by atoms with Gasteiger partial charge in [0.25, 0.3) is 5.88 Å². The number of ether oxygens (including phenoxy) is 1. The molecule has 9 rings (SSSR count). The number of aromatic nitrogens is 6. The van der Waals surface area contributed by atoms with Crippen molar-refractivity contribution >= 4 is 45.4 Å². The number of amides is 2. The number of thiazole rings is 1. The van der Waals surface area contributed by atoms with E-state index in [4.69, 9.17) is 29.5 Å². The number of unbranched alkanes of at least 4 members (excludes halogenated alkanes) is 3. The highest BCUT2D eigenvalue weighted by molar-refractivity contribution is 7.16. The van der Waals surface area contributed by atoms with Crippen molar-refractivity contribution in [1.82, 2.24) is 45.4 Å². The predicted octanol–water partition coefficient (Wildman–Crippen LogP) is 7.66. The summed E-state index contributed by atoms with van der Waals surface area (Å²) in [6.07, 6.45) is 8.62. The zero-order chi connectivity index (χ0) is 50.5. The fourth-order valence-electron chi connectivity index (χ4n) is 10.6. The number of aliphatic hydroxyl groups is 1. The third kappa shape index (κ3) is 10.9. The number of aryl methyl sites for hydroxylation is 2. The van der Waals surface area contributed by atoms with Crippen LogP contribution in [0.5, 0.6) is 5.88 Å². The number of hydrogen-bond donors (Lipinski definition) is 3. The van der Waals surface area contributed by atoms with Gasteiger partial charge in [-0.25, -0.2) is 15.0 Å². The highest BCUT2D eigenvalue weighted by Gasteiger charge is 2.45. The number of likely N-dealkylation sites (tertiary alicyclic amines) is 1. The number of carbonyl (C=O) groups excluding carboxylic acids is 2. The van der Waals surface area contributed by atoms with E-state index >= 15 is 0 Å². The molecule has 20 heteroatoms. The number of nitriles is 1. The average molecular weight is 1020 g/mol. The molecule has 0 radical (unpaired) electrons. The van der Waals surface area contributed by atoms with Gasteiger partial charge in [-0.1, -0.05) is 56.1 Å². The molecule has 0 spiro atoms. The molecule has 6 aromatic rings. The van der Waals surface area contributed by atoms with Crippen LogP contribution in [0.3, 0.4) is 0 Å². The van der Waals surface area contributed by atoms with Crippen LogP contribution in [0.1, 0.15) is 124 Å². The van der Waals surface area contributed by atoms with Crippen molar-refractivity contribution in [1.29, 1.82) is 5.26 Å². The predicted molar refractivity (Wildman–Crippen MR) is 274 cm³/mol. The lowest BCUT2D eigenvalue weighted by Crippen LogP contribution is -2.48. The minimum absolute atomic E-state index is 0.0615. The molecule has 2 amide bonds. The highest BCUT2D eigenvalue weighted by atomic mass is 32.1. The second-order valence-corrected chi connectivity index (χ2v) is 21.9. The first-order valence-corrected chi connectivity index (χ1v) is 26.8. The van der Waals surface area contributed by atoms with Crippen LogP contribution in [0.4, 0.5) is 10.9 Å². The molecular weight excluding hydrogens is 953 g/mol. The third-order valence-corrected chi connectivity index (χ3v) is 16.4. The Bertz CT molecular complexity index is 2870. The first-order chi connectivity index (χ1) is 34.8. The van der Waals surface area contributed by atoms with Gasteiger partial charge in [0.05, 0.1) is 39.8 Å². The molecule has 1 unspecified atom stereocenters. The van der Waals surface area contributed by atoms with Crippen LogP contribution in [-0.4, -0.2) is 114 Å². The second-order valence-electron chi connectivity index (χ2n) is 19.9. The van der Waals surface area contributed by atoms with Gasteiger partial charge in [-0.05, 0) is 101 Å². The number of carbonyl (C=O) groups is 2. The molecular formula is C52H64N12O6S2. The van der Waals surface area contributed by atoms with E-state index in [-0.39, 0.29) is 36.7 Å². The summed E-state index contributed by atoms with van der Waals surface area (Å²) >= 11 is 3.07. The summed E-state index contributed by atoms with van der Waals surface area (Å²) in [5.41, 5.74) is 12.5. The number of rotatable bonds is 18. The molecule has 5 atom stereocenters. The lowest BCUT2D eigenvalue weighted by Gasteiger charge is -2.30. The first kappa shape index (κ1) is 50.7. The van der Waals surface area contributed by atoms with E-state index in [1.165, 1.54) is 16.2 Å². The minimum Gasteiger partial charge on any atom is -0.476 e. The molecule has 3 aliphatic rings. The van der Waals surface area contributed by atoms with Gasteiger partial charge in [0, 0.05) is 61.3 Å². The normalized spacial score (nSPS) is 20.8. The lowest BCUT2D eigenvalue weighted by molar-refractivity contribution is -0.141. The number of nitrogens with one attached hydrogen (secondary N) is 1. The summed E-state index contributed by atoms with van der Waals surface area (Å²) in [5.74, 6) is 0.721. The Hall–Kier alpha value is -6.27. The van der Waals surface area contributed by atoms with Gasteiger partial charge in [-0.3, -0.25) is 9.59 Å². The van der Waals surface area contributed by atoms with Crippen molar-refractivity contribution in [2.75, 3.05) is 50.0 Å². The summed E-state index contributed by atoms with van der Waals surface area (Å²) < 4.78 is 17.6. The summed E-state index contributed by atoms with van der Waals surface area (Å²) in [6.45, 7) is 14.6. The fourth-order valence-corrected chi connectivity index (χ4v) is 12.6. The molecule has 18 nitrogen and oxygen atoms in total. The molecule has 72 heavy (non-hydrogen) atoms. The largest absolute Gasteiger partial charge is 0.476 e. The summed E-state index contributed by atoms with van der Waals surface area (Å²) in [6, 6.07) is 13.2. The molecule has 0 saturated carbocycles. The molecule has 2 saturated heterocycles. The van der Waals surface area contributed by atoms with E-state index in [9.17, 15) is 20.0 Å². The van der Waals surface area contributed by atoms with Crippen LogP contribution in [-0.2, 0) is 28.0 Å². The van der Waals surface area contributed by atoms with Gasteiger partial charge in [-0.15, -0.1) is 22.7 Å². The average Bonchev–Trinajstić information content (AvgIpc) is 4.23. The summed E-state index contributed by atoms with van der Waals surface area (Å²) in [5, 5.41) is 32.6. The molecule has 1 aromatic carbocycles. The van der Waals surface area contributed by atoms with Crippen molar-refractivity contribution < 1.29 is 28.5 Å². The zero-order valence-electron chi connectivity index (χ0n) is 41.7. The minimum atomic E-state index is -0.814. The van der Waals surface area contributed by atoms with Crippen LogP contribution in [0.15, 0.2) is 57.2 Å². The van der Waals surface area contributed by atoms with Crippen molar-refractivity contribution in [3.8, 4) is 33.9 Å². The van der Waals surface area contributed by atoms with Gasteiger partial charge in [0.1, 0.15) is 28.7 Å². The Morgan fingerprint density at radius 3 is 2.65 bits per heavy atom. The standard InChI is InChI=1S/C52H64N12O6S2/c1-31(2)43(49(67)64-29-36(65)24-39(64)48(66)56-27-34-13-15-35(16-14-34)45-33(4)57-30-71-45)40-25-42(60-69-40)68-23-9-7-6-8-20-62-21-11-22-63(32(3)28-62)51-55-19-17-38(58-51)47-59-50(70-61-47)52(5)18-10-12-41-44(52)37(26-53)46(54)72-41/h13-17,19,25,30-32,36,39,43,65H,6-12,18,20-24,27-29,54H2,1-5H3,(H,56,66)/t32-,36+,39-,43?,52-/m0/s1. The number of nitrogens with two attached hydrogens (primary N) is 1. The van der Waals surface area contributed by atoms with E-state index in [1.807, 2.05) is 50.5 Å². The second kappa shape index (κ2) is 22.2. The Balaban J connectivity index is 0.709. The van der Waals surface area contributed by atoms with Crippen LogP contribution >= 0.6 is 22.7 Å². The number of fused-ring (bicyclic) bond motifs is 1. The Morgan fingerprint density at radius 1 is 1.06 bits per heavy atom. The SMILES string of the molecule is Cc1ncsc1-c1ccc(CNC(=O)[C@@H]2C[C@@H](O)CN2C(=O)C(c2cc(OCCCCCCN3CCCN(c4nccc(-c5noc([C@@]6(C)CCCc7sc(N)c(C#N)c76)n5)n4)[C@@H](C)C3)no2)C(C)C)cc1. The van der Waals surface area contributed by atoms with Gasteiger partial charge in [0.2, 0.25) is 29.5 Å². The highest BCUT2D eigenvalue weighted by Crippen LogP contribution is 2.48. The van der Waals surface area contributed by atoms with Crippen molar-refractivity contribution in [3.63, 3.8) is 0 Å². The smallest absolute Gasteiger partial charge is 0.254 e. The summed E-state index contributed by atoms with van der Waals surface area (Å²) in [7, 11) is 0. The number of hydrogen-bond acceptors (Lipinski definition) is 18. The van der Waals surface area contributed by atoms with E-state index < -0.39 is 23.5 Å². The van der Waals surface area contributed by atoms with Gasteiger partial charge in [0.15, 0.2) is 5.76 Å². The van der Waals surface area contributed by atoms with Gasteiger partial charge >= 0.3 is 0 Å². The van der Waals surface area contributed by atoms with E-state index in [0.29, 0.717) is 58.7 Å². The molecule has 4 N–H and O–H groups in total. The van der Waals surface area contributed by atoms with Gasteiger partial charge < -0.3 is 44.6 Å². The van der Waals surface area contributed by atoms with E-state index in [2.05, 4.69) is 55.3 Å². The molecule has 0 bridgehead atoms. The van der Waals surface area contributed by atoms with Crippen LogP contribution in [0.2, 0.25) is 0 Å². The number of aliphatic hydroxyl groups excluding tert-OH is 1. The fraction of sp³-hybridized carbons (Fsp3) is 0.519. The Morgan fingerprint density at radius 2 is 1.88 bits per heavy atom. The van der Waals surface area contributed by atoms with Crippen molar-refractivity contribution in [2.45, 2.75) is 128 Å². The van der Waals surface area contributed by atoms with Gasteiger partial charge in [-0.2, -0.15) is 10.2 Å². The monoisotopic (exact) mass is 1020 g/mol. The number of thiophene rings is 1. The van der Waals surface area contributed by atoms with Crippen LogP contribution in [0.25, 0.3) is 22.0 Å². The van der Waals surface area contributed by atoms with Crippen LogP contribution in [0, 0.1) is 24.2 Å². The Labute approximate surface area is 428 Å². The number of benzene rings is 1. The molecule has 2 fully saturated rings. The molecule has 7 heterocycles. The summed E-state index contributed by atoms with van der Waals surface area (Å²) in [4.78, 5) is 54.9. The molecule has 5 aromatic heterocycles. The number of nitrogens with zero attached hydrogens (tertiary/aromatic N) is 10. The quantitative estimate of drug-likeness (QED) is 0.0700. The van der Waals surface area contributed by atoms with Crippen LogP contribution < -0.4 is 20.7 Å². The third-order valence-electron chi connectivity index (χ3n) is 14.4. The Kier molecular flexibility index (Phi) is 15.6. The molecule has 380 valence electrons. The van der Waals surface area contributed by atoms with E-state index in [1.54, 1.807) is 29.7 Å². The first-order valence-electron chi connectivity index (χ1n) is 25.1. The zero-order valence-corrected chi connectivity index (χ0v) is 43.3. The number of anilines is 2. The number of β-amino-alcohol motifs (C(OH)–C–C–N with tert-alkyl or cyclic N) is 1. The maximum absolute atomic E-state index is 14.1. The maximum Gasteiger partial charge on any atom is 0.254 e. The number of nitrogen functional groups attached to an aromatic ring is 1. The van der Waals surface area contributed by atoms with Crippen molar-refractivity contribution in [3.05, 3.63) is 87.0 Å². The van der Waals surface area contributed by atoms with E-state index in [0.717, 1.165) is 110 Å². The molecule has 2 aliphatic heterocycles. The lowest BCUT2D eigenvalue weighted by atomic mass is 9.72. The molecule has 1 aliphatic carbocycles. The van der Waals surface area contributed by atoms with Crippen molar-refractivity contribution in [2.24, 2.45) is 5.92 Å². The topological polar surface area (TPSA) is 239 Å².